The largest absolute Gasteiger partial charge is 0.381 e. The first-order valence-electron chi connectivity index (χ1n) is 9.87. The van der Waals surface area contributed by atoms with Gasteiger partial charge in [0.1, 0.15) is 0 Å². The van der Waals surface area contributed by atoms with Gasteiger partial charge in [-0.2, -0.15) is 0 Å². The van der Waals surface area contributed by atoms with Gasteiger partial charge in [0.15, 0.2) is 0 Å². The van der Waals surface area contributed by atoms with Crippen LogP contribution in [-0.4, -0.2) is 36.2 Å². The van der Waals surface area contributed by atoms with Gasteiger partial charge < -0.3 is 4.74 Å². The third kappa shape index (κ3) is 4.93. The maximum Gasteiger partial charge on any atom is 0.0535 e. The minimum absolute atomic E-state index is 0.276. The summed E-state index contributed by atoms with van der Waals surface area (Å²) in [4.78, 5) is 7.21. The highest BCUT2D eigenvalue weighted by molar-refractivity contribution is 5.22. The molecule has 0 radical (unpaired) electrons. The summed E-state index contributed by atoms with van der Waals surface area (Å²) in [6, 6.07) is 15.2. The van der Waals surface area contributed by atoms with Gasteiger partial charge >= 0.3 is 0 Å². The molecular weight excluding hydrogens is 320 g/mol. The first-order valence-corrected chi connectivity index (χ1v) is 9.87. The molecule has 3 heteroatoms. The lowest BCUT2D eigenvalue weighted by atomic mass is 9.82. The molecule has 2 heterocycles. The number of rotatable bonds is 8. The highest BCUT2D eigenvalue weighted by Crippen LogP contribution is 2.36. The molecule has 1 fully saturated rings. The molecule has 0 saturated carbocycles. The number of hydrogen-bond acceptors (Lipinski definition) is 3. The SMILES string of the molecule is CCOC[C@]1(CCc2ccccc2)CCN(Cc2ccc(C)nc2C)C1. The van der Waals surface area contributed by atoms with Gasteiger partial charge in [-0.15, -0.1) is 0 Å². The Bertz CT molecular complexity index is 701. The van der Waals surface area contributed by atoms with Crippen molar-refractivity contribution in [3.05, 3.63) is 65.0 Å². The van der Waals surface area contributed by atoms with E-state index in [1.165, 1.54) is 24.0 Å². The maximum absolute atomic E-state index is 5.91. The van der Waals surface area contributed by atoms with Gasteiger partial charge in [-0.05, 0) is 63.8 Å². The van der Waals surface area contributed by atoms with Crippen LogP contribution in [0.5, 0.6) is 0 Å². The van der Waals surface area contributed by atoms with Crippen molar-refractivity contribution in [1.29, 1.82) is 0 Å². The fourth-order valence-corrected chi connectivity index (χ4v) is 4.05. The fourth-order valence-electron chi connectivity index (χ4n) is 4.05. The summed E-state index contributed by atoms with van der Waals surface area (Å²) < 4.78 is 5.91. The Kier molecular flexibility index (Phi) is 6.44. The van der Waals surface area contributed by atoms with Gasteiger partial charge in [0.05, 0.1) is 6.61 Å². The Labute approximate surface area is 158 Å². The molecule has 1 aromatic heterocycles. The highest BCUT2D eigenvalue weighted by atomic mass is 16.5. The molecule has 1 aliphatic rings. The van der Waals surface area contributed by atoms with Gasteiger partial charge in [-0.3, -0.25) is 9.88 Å². The Hall–Kier alpha value is -1.71. The molecule has 140 valence electrons. The third-order valence-electron chi connectivity index (χ3n) is 5.65. The van der Waals surface area contributed by atoms with Crippen molar-refractivity contribution in [2.75, 3.05) is 26.3 Å². The van der Waals surface area contributed by atoms with Crippen molar-refractivity contribution in [2.24, 2.45) is 5.41 Å². The fraction of sp³-hybridized carbons (Fsp3) is 0.522. The molecule has 1 aromatic carbocycles. The molecule has 0 aliphatic carbocycles. The molecule has 0 bridgehead atoms. The number of nitrogens with zero attached hydrogens (tertiary/aromatic N) is 2. The second kappa shape index (κ2) is 8.79. The van der Waals surface area contributed by atoms with Gasteiger partial charge in [0.2, 0.25) is 0 Å². The van der Waals surface area contributed by atoms with Crippen LogP contribution in [0.15, 0.2) is 42.5 Å². The summed E-state index contributed by atoms with van der Waals surface area (Å²) in [5.74, 6) is 0. The number of aryl methyl sites for hydroxylation is 3. The van der Waals surface area contributed by atoms with E-state index < -0.39 is 0 Å². The van der Waals surface area contributed by atoms with E-state index in [4.69, 9.17) is 4.74 Å². The zero-order valence-corrected chi connectivity index (χ0v) is 16.5. The van der Waals surface area contributed by atoms with Gasteiger partial charge in [0, 0.05) is 36.5 Å². The Morgan fingerprint density at radius 2 is 1.92 bits per heavy atom. The van der Waals surface area contributed by atoms with Gasteiger partial charge in [0.25, 0.3) is 0 Å². The summed E-state index contributed by atoms with van der Waals surface area (Å²) in [5.41, 5.74) is 5.32. The second-order valence-corrected chi connectivity index (χ2v) is 7.78. The average molecular weight is 353 g/mol. The van der Waals surface area contributed by atoms with E-state index in [1.807, 2.05) is 0 Å². The summed E-state index contributed by atoms with van der Waals surface area (Å²) in [6.07, 6.45) is 3.55. The van der Waals surface area contributed by atoms with Crippen LogP contribution in [-0.2, 0) is 17.7 Å². The van der Waals surface area contributed by atoms with Crippen molar-refractivity contribution in [1.82, 2.24) is 9.88 Å². The van der Waals surface area contributed by atoms with Gasteiger partial charge in [-0.25, -0.2) is 0 Å². The first kappa shape index (κ1) is 19.1. The van der Waals surface area contributed by atoms with E-state index in [-0.39, 0.29) is 5.41 Å². The third-order valence-corrected chi connectivity index (χ3v) is 5.65. The van der Waals surface area contributed by atoms with Crippen LogP contribution in [0.2, 0.25) is 0 Å². The average Bonchev–Trinajstić information content (AvgIpc) is 3.05. The maximum atomic E-state index is 5.91. The Morgan fingerprint density at radius 3 is 2.65 bits per heavy atom. The quantitative estimate of drug-likeness (QED) is 0.696. The van der Waals surface area contributed by atoms with E-state index in [1.54, 1.807) is 0 Å². The van der Waals surface area contributed by atoms with Crippen LogP contribution in [0.1, 0.15) is 42.3 Å². The molecule has 0 unspecified atom stereocenters. The molecule has 1 aliphatic heterocycles. The minimum Gasteiger partial charge on any atom is -0.381 e. The van der Waals surface area contributed by atoms with E-state index in [2.05, 4.69) is 73.1 Å². The zero-order chi connectivity index (χ0) is 18.4. The molecule has 26 heavy (non-hydrogen) atoms. The lowest BCUT2D eigenvalue weighted by molar-refractivity contribution is 0.0489. The minimum atomic E-state index is 0.276. The number of aromatic nitrogens is 1. The Morgan fingerprint density at radius 1 is 1.12 bits per heavy atom. The first-order chi connectivity index (χ1) is 12.6. The van der Waals surface area contributed by atoms with Crippen molar-refractivity contribution in [3.8, 4) is 0 Å². The summed E-state index contributed by atoms with van der Waals surface area (Å²) in [7, 11) is 0. The monoisotopic (exact) mass is 352 g/mol. The van der Waals surface area contributed by atoms with Crippen LogP contribution >= 0.6 is 0 Å². The molecule has 3 rings (SSSR count). The number of hydrogen-bond donors (Lipinski definition) is 0. The predicted octanol–water partition coefficient (Wildman–Crippen LogP) is 4.56. The standard InChI is InChI=1S/C23H32N2O/c1-4-26-18-23(13-12-21-8-6-5-7-9-21)14-15-25(17-23)16-22-11-10-19(2)24-20(22)3/h5-11H,4,12-18H2,1-3H3/t23-/m1/s1. The zero-order valence-electron chi connectivity index (χ0n) is 16.5. The molecule has 0 spiro atoms. The number of likely N-dealkylation sites (tertiary alicyclic amines) is 1. The highest BCUT2D eigenvalue weighted by Gasteiger charge is 2.38. The molecule has 3 nitrogen and oxygen atoms in total. The number of pyridine rings is 1. The van der Waals surface area contributed by atoms with Crippen LogP contribution in [0.25, 0.3) is 0 Å². The molecule has 0 amide bonds. The van der Waals surface area contributed by atoms with Crippen LogP contribution in [0, 0.1) is 19.3 Å². The molecule has 1 atom stereocenters. The normalized spacial score (nSPS) is 20.6. The smallest absolute Gasteiger partial charge is 0.0535 e. The molecule has 1 saturated heterocycles. The summed E-state index contributed by atoms with van der Waals surface area (Å²) >= 11 is 0. The predicted molar refractivity (Wildman–Crippen MR) is 107 cm³/mol. The lowest BCUT2D eigenvalue weighted by Crippen LogP contribution is -2.32. The van der Waals surface area contributed by atoms with Crippen molar-refractivity contribution in [3.63, 3.8) is 0 Å². The molecule has 2 aromatic rings. The summed E-state index contributed by atoms with van der Waals surface area (Å²) in [5, 5.41) is 0. The van der Waals surface area contributed by atoms with E-state index >= 15 is 0 Å². The summed E-state index contributed by atoms with van der Waals surface area (Å²) in [6.45, 7) is 11.2. The lowest BCUT2D eigenvalue weighted by Gasteiger charge is -2.29. The van der Waals surface area contributed by atoms with Crippen LogP contribution < -0.4 is 0 Å². The van der Waals surface area contributed by atoms with Crippen LogP contribution in [0.3, 0.4) is 0 Å². The molecular formula is C23H32N2O. The number of ether oxygens (including phenoxy) is 1. The van der Waals surface area contributed by atoms with E-state index in [9.17, 15) is 0 Å². The molecule has 0 N–H and O–H groups in total. The van der Waals surface area contributed by atoms with Gasteiger partial charge in [-0.1, -0.05) is 36.4 Å². The van der Waals surface area contributed by atoms with E-state index in [0.29, 0.717) is 0 Å². The van der Waals surface area contributed by atoms with E-state index in [0.717, 1.165) is 50.7 Å². The van der Waals surface area contributed by atoms with Crippen molar-refractivity contribution >= 4 is 0 Å². The van der Waals surface area contributed by atoms with Crippen LogP contribution in [0.4, 0.5) is 0 Å². The van der Waals surface area contributed by atoms with Crippen molar-refractivity contribution in [2.45, 2.75) is 46.6 Å². The Balaban J connectivity index is 1.64. The topological polar surface area (TPSA) is 25.4 Å². The van der Waals surface area contributed by atoms with Crippen molar-refractivity contribution < 1.29 is 4.74 Å². The number of benzene rings is 1. The second-order valence-electron chi connectivity index (χ2n) is 7.78.